The van der Waals surface area contributed by atoms with Gasteiger partial charge in [0.15, 0.2) is 12.4 Å². The molecule has 0 aromatic heterocycles. The lowest BCUT2D eigenvalue weighted by atomic mass is 9.99. The molecule has 5 unspecified atom stereocenters. The van der Waals surface area contributed by atoms with E-state index in [0.717, 1.165) is 5.56 Å². The predicted octanol–water partition coefficient (Wildman–Crippen LogP) is -1.43. The van der Waals surface area contributed by atoms with Crippen molar-refractivity contribution in [3.63, 3.8) is 0 Å². The van der Waals surface area contributed by atoms with Crippen LogP contribution in [0, 0.1) is 0 Å². The Morgan fingerprint density at radius 1 is 1.14 bits per heavy atom. The zero-order valence-electron chi connectivity index (χ0n) is 11.2. The molecule has 0 spiro atoms. The monoisotopic (exact) mass is 298 g/mol. The Morgan fingerprint density at radius 2 is 1.81 bits per heavy atom. The molecule has 1 saturated heterocycles. The van der Waals surface area contributed by atoms with Crippen molar-refractivity contribution in [2.75, 3.05) is 6.61 Å². The van der Waals surface area contributed by atoms with Gasteiger partial charge in [0.1, 0.15) is 18.3 Å². The number of aliphatic hydroxyl groups excluding tert-OH is 4. The molecule has 2 rings (SSSR count). The molecule has 1 aliphatic heterocycles. The van der Waals surface area contributed by atoms with Gasteiger partial charge in [-0.3, -0.25) is 4.79 Å². The topological polar surface area (TPSA) is 116 Å². The van der Waals surface area contributed by atoms with Crippen LogP contribution in [-0.4, -0.2) is 63.7 Å². The highest BCUT2D eigenvalue weighted by atomic mass is 16.7. The van der Waals surface area contributed by atoms with Gasteiger partial charge in [0.25, 0.3) is 0 Å². The van der Waals surface area contributed by atoms with E-state index in [1.807, 2.05) is 6.07 Å². The van der Waals surface area contributed by atoms with Crippen LogP contribution in [0.25, 0.3) is 0 Å². The molecule has 1 aromatic carbocycles. The third-order valence-electron chi connectivity index (χ3n) is 3.30. The second kappa shape index (κ2) is 6.97. The lowest BCUT2D eigenvalue weighted by Gasteiger charge is -2.39. The Hall–Kier alpha value is -1.51. The Bertz CT molecular complexity index is 464. The summed E-state index contributed by atoms with van der Waals surface area (Å²) in [6.45, 7) is -0.569. The number of ether oxygens (including phenoxy) is 2. The maximum Gasteiger partial charge on any atom is 0.310 e. The van der Waals surface area contributed by atoms with E-state index >= 15 is 0 Å². The van der Waals surface area contributed by atoms with Crippen molar-refractivity contribution in [1.29, 1.82) is 0 Å². The number of carbonyl (C=O) groups excluding carboxylic acids is 1. The Morgan fingerprint density at radius 3 is 2.43 bits per heavy atom. The Balaban J connectivity index is 1.96. The van der Waals surface area contributed by atoms with E-state index in [2.05, 4.69) is 0 Å². The fourth-order valence-electron chi connectivity index (χ4n) is 2.15. The third-order valence-corrected chi connectivity index (χ3v) is 3.30. The SMILES string of the molecule is O=C(Cc1ccccc1)OC1C(O)OC(CO)C(O)C1O. The first-order chi connectivity index (χ1) is 10.0. The van der Waals surface area contributed by atoms with Crippen LogP contribution in [0.1, 0.15) is 5.56 Å². The zero-order chi connectivity index (χ0) is 15.4. The molecule has 1 heterocycles. The first-order valence-corrected chi connectivity index (χ1v) is 6.57. The van der Waals surface area contributed by atoms with E-state index in [0.29, 0.717) is 0 Å². The quantitative estimate of drug-likeness (QED) is 0.504. The standard InChI is InChI=1S/C14H18O7/c15-7-9-11(17)12(18)13(14(19)20-9)21-10(16)6-8-4-2-1-3-5-8/h1-5,9,11-15,17-19H,6-7H2. The van der Waals surface area contributed by atoms with Crippen LogP contribution in [0.5, 0.6) is 0 Å². The van der Waals surface area contributed by atoms with Gasteiger partial charge in [-0.15, -0.1) is 0 Å². The van der Waals surface area contributed by atoms with E-state index in [4.69, 9.17) is 14.6 Å². The minimum atomic E-state index is -1.61. The minimum absolute atomic E-state index is 0.0314. The average molecular weight is 298 g/mol. The van der Waals surface area contributed by atoms with Crippen LogP contribution in [-0.2, 0) is 20.7 Å². The highest BCUT2D eigenvalue weighted by molar-refractivity contribution is 5.72. The van der Waals surface area contributed by atoms with Crippen LogP contribution in [0.15, 0.2) is 30.3 Å². The predicted molar refractivity (Wildman–Crippen MR) is 70.0 cm³/mol. The summed E-state index contributed by atoms with van der Waals surface area (Å²) in [6, 6.07) is 8.82. The Labute approximate surface area is 121 Å². The van der Waals surface area contributed by atoms with Crippen molar-refractivity contribution in [3.05, 3.63) is 35.9 Å². The van der Waals surface area contributed by atoms with Gasteiger partial charge in [-0.1, -0.05) is 30.3 Å². The molecular weight excluding hydrogens is 280 g/mol. The van der Waals surface area contributed by atoms with Gasteiger partial charge in [-0.2, -0.15) is 0 Å². The summed E-state index contributed by atoms with van der Waals surface area (Å²) < 4.78 is 9.88. The van der Waals surface area contributed by atoms with Gasteiger partial charge in [0.05, 0.1) is 13.0 Å². The van der Waals surface area contributed by atoms with Gasteiger partial charge >= 0.3 is 5.97 Å². The van der Waals surface area contributed by atoms with Crippen molar-refractivity contribution in [3.8, 4) is 0 Å². The average Bonchev–Trinajstić information content (AvgIpc) is 2.48. The number of esters is 1. The van der Waals surface area contributed by atoms with Gasteiger partial charge < -0.3 is 29.9 Å². The zero-order valence-corrected chi connectivity index (χ0v) is 11.2. The van der Waals surface area contributed by atoms with E-state index in [1.54, 1.807) is 24.3 Å². The largest absolute Gasteiger partial charge is 0.454 e. The molecule has 21 heavy (non-hydrogen) atoms. The molecule has 1 aliphatic rings. The molecule has 4 N–H and O–H groups in total. The fraction of sp³-hybridized carbons (Fsp3) is 0.500. The van der Waals surface area contributed by atoms with E-state index in [1.165, 1.54) is 0 Å². The molecule has 1 aromatic rings. The van der Waals surface area contributed by atoms with Crippen molar-refractivity contribution in [1.82, 2.24) is 0 Å². The van der Waals surface area contributed by atoms with Crippen molar-refractivity contribution in [2.45, 2.75) is 37.1 Å². The summed E-state index contributed by atoms with van der Waals surface area (Å²) in [4.78, 5) is 11.8. The molecule has 7 heteroatoms. The van der Waals surface area contributed by atoms with Crippen molar-refractivity contribution >= 4 is 5.97 Å². The van der Waals surface area contributed by atoms with E-state index in [9.17, 15) is 20.1 Å². The summed E-state index contributed by atoms with van der Waals surface area (Å²) >= 11 is 0. The molecule has 0 aliphatic carbocycles. The van der Waals surface area contributed by atoms with Crippen molar-refractivity contribution < 1.29 is 34.7 Å². The third kappa shape index (κ3) is 3.78. The Kier molecular flexibility index (Phi) is 5.27. The van der Waals surface area contributed by atoms with Gasteiger partial charge in [0.2, 0.25) is 0 Å². The summed E-state index contributed by atoms with van der Waals surface area (Å²) in [5, 5.41) is 38.2. The first-order valence-electron chi connectivity index (χ1n) is 6.57. The fourth-order valence-corrected chi connectivity index (χ4v) is 2.15. The molecule has 116 valence electrons. The van der Waals surface area contributed by atoms with Gasteiger partial charge in [-0.25, -0.2) is 0 Å². The van der Waals surface area contributed by atoms with Crippen LogP contribution < -0.4 is 0 Å². The van der Waals surface area contributed by atoms with Crippen LogP contribution in [0.2, 0.25) is 0 Å². The lowest BCUT2D eigenvalue weighted by molar-refractivity contribution is -0.290. The molecule has 0 radical (unpaired) electrons. The summed E-state index contributed by atoms with van der Waals surface area (Å²) in [5.74, 6) is -0.664. The molecule has 0 saturated carbocycles. The van der Waals surface area contributed by atoms with E-state index in [-0.39, 0.29) is 6.42 Å². The minimum Gasteiger partial charge on any atom is -0.454 e. The van der Waals surface area contributed by atoms with E-state index < -0.39 is 43.3 Å². The molecular formula is C14H18O7. The van der Waals surface area contributed by atoms with Crippen LogP contribution >= 0.6 is 0 Å². The highest BCUT2D eigenvalue weighted by Gasteiger charge is 2.45. The molecule has 1 fully saturated rings. The number of benzene rings is 1. The second-order valence-corrected chi connectivity index (χ2v) is 4.85. The van der Waals surface area contributed by atoms with Gasteiger partial charge in [0, 0.05) is 0 Å². The molecule has 5 atom stereocenters. The summed E-state index contributed by atoms with van der Waals surface area (Å²) in [7, 11) is 0. The number of carbonyl (C=O) groups is 1. The smallest absolute Gasteiger partial charge is 0.310 e. The van der Waals surface area contributed by atoms with Crippen LogP contribution in [0.3, 0.4) is 0 Å². The number of aliphatic hydroxyl groups is 4. The van der Waals surface area contributed by atoms with Gasteiger partial charge in [-0.05, 0) is 5.56 Å². The first kappa shape index (κ1) is 15.9. The molecule has 0 amide bonds. The highest BCUT2D eigenvalue weighted by Crippen LogP contribution is 2.22. The molecule has 7 nitrogen and oxygen atoms in total. The summed E-state index contributed by atoms with van der Waals surface area (Å²) in [6.07, 6.45) is -7.16. The normalized spacial score (nSPS) is 32.7. The maximum atomic E-state index is 11.8. The maximum absolute atomic E-state index is 11.8. The summed E-state index contributed by atoms with van der Waals surface area (Å²) in [5.41, 5.74) is 0.719. The number of rotatable bonds is 4. The molecule has 0 bridgehead atoms. The van der Waals surface area contributed by atoms with Crippen molar-refractivity contribution in [2.24, 2.45) is 0 Å². The van der Waals surface area contributed by atoms with Crippen LogP contribution in [0.4, 0.5) is 0 Å². The number of hydrogen-bond donors (Lipinski definition) is 4. The lowest BCUT2D eigenvalue weighted by Crippen LogP contribution is -2.59. The second-order valence-electron chi connectivity index (χ2n) is 4.85. The number of hydrogen-bond acceptors (Lipinski definition) is 7.